The molecule has 0 unspecified atom stereocenters. The summed E-state index contributed by atoms with van der Waals surface area (Å²) in [6, 6.07) is 8.59. The predicted molar refractivity (Wildman–Crippen MR) is 84.3 cm³/mol. The number of rotatable bonds is 10. The topological polar surface area (TPSA) is 18.5 Å². The molecule has 2 nitrogen and oxygen atoms in total. The molecule has 0 aliphatic heterocycles. The van der Waals surface area contributed by atoms with Gasteiger partial charge in [0.15, 0.2) is 0 Å². The van der Waals surface area contributed by atoms with Gasteiger partial charge in [-0.2, -0.15) is 0 Å². The van der Waals surface area contributed by atoms with Gasteiger partial charge in [0.2, 0.25) is 0 Å². The van der Waals surface area contributed by atoms with Crippen molar-refractivity contribution in [1.29, 1.82) is 0 Å². The van der Waals surface area contributed by atoms with Crippen molar-refractivity contribution in [3.8, 4) is 0 Å². The lowest BCUT2D eigenvalue weighted by molar-refractivity contribution is 0.202. The van der Waals surface area contributed by atoms with Gasteiger partial charge >= 0.3 is 9.28 Å². The largest absolute Gasteiger partial charge is 0.393 e. The molecule has 0 heterocycles. The zero-order chi connectivity index (χ0) is 13.9. The van der Waals surface area contributed by atoms with Crippen LogP contribution in [0.2, 0.25) is 0 Å². The van der Waals surface area contributed by atoms with Gasteiger partial charge in [-0.25, -0.2) is 0 Å². The van der Waals surface area contributed by atoms with E-state index in [9.17, 15) is 0 Å². The van der Waals surface area contributed by atoms with E-state index in [0.29, 0.717) is 0 Å². The lowest BCUT2D eigenvalue weighted by Gasteiger charge is -2.19. The van der Waals surface area contributed by atoms with Gasteiger partial charge in [-0.05, 0) is 30.0 Å². The van der Waals surface area contributed by atoms with Crippen LogP contribution in [0.5, 0.6) is 0 Å². The summed E-state index contributed by atoms with van der Waals surface area (Å²) in [5, 5.41) is 1.33. The molecule has 0 fully saturated rings. The Morgan fingerprint density at radius 2 is 1.47 bits per heavy atom. The van der Waals surface area contributed by atoms with Crippen LogP contribution >= 0.6 is 0 Å². The van der Waals surface area contributed by atoms with Crippen molar-refractivity contribution in [2.45, 2.75) is 52.9 Å². The van der Waals surface area contributed by atoms with E-state index in [1.54, 1.807) is 0 Å². The summed E-state index contributed by atoms with van der Waals surface area (Å²) in [5.41, 5.74) is 1.38. The summed E-state index contributed by atoms with van der Waals surface area (Å²) in [6.07, 6.45) is 5.63. The Bertz CT molecular complexity index is 331. The fourth-order valence-electron chi connectivity index (χ4n) is 1.98. The van der Waals surface area contributed by atoms with Gasteiger partial charge in [0.25, 0.3) is 0 Å². The third-order valence-corrected chi connectivity index (χ3v) is 5.37. The zero-order valence-corrected chi connectivity index (χ0v) is 13.8. The standard InChI is InChI=1S/C16H28O2Si/c1-4-7-13-17-19(18-14-8-5-2)16-12-10-9-11-15(16)6-3/h9-12,19H,4-8,13-14H2,1-3H3. The molecule has 0 aliphatic carbocycles. The van der Waals surface area contributed by atoms with E-state index in [1.165, 1.54) is 23.6 Å². The van der Waals surface area contributed by atoms with E-state index in [1.807, 2.05) is 0 Å². The normalized spacial score (nSPS) is 11.2. The second kappa shape index (κ2) is 10.2. The van der Waals surface area contributed by atoms with Crippen LogP contribution in [-0.4, -0.2) is 22.5 Å². The van der Waals surface area contributed by atoms with E-state index in [4.69, 9.17) is 8.85 Å². The van der Waals surface area contributed by atoms with Crippen LogP contribution in [0.15, 0.2) is 24.3 Å². The van der Waals surface area contributed by atoms with Gasteiger partial charge in [0.1, 0.15) is 0 Å². The SMILES string of the molecule is CCCCO[SiH](OCCCC)c1ccccc1CC. The van der Waals surface area contributed by atoms with Crippen molar-refractivity contribution < 1.29 is 8.85 Å². The summed E-state index contributed by atoms with van der Waals surface area (Å²) in [5.74, 6) is 0. The van der Waals surface area contributed by atoms with E-state index >= 15 is 0 Å². The van der Waals surface area contributed by atoms with Crippen molar-refractivity contribution in [3.05, 3.63) is 29.8 Å². The number of unbranched alkanes of at least 4 members (excludes halogenated alkanes) is 2. The first-order valence-electron chi connectivity index (χ1n) is 7.64. The molecule has 0 atom stereocenters. The Balaban J connectivity index is 2.69. The zero-order valence-electron chi connectivity index (χ0n) is 12.7. The van der Waals surface area contributed by atoms with Crippen LogP contribution in [0.25, 0.3) is 0 Å². The fraction of sp³-hybridized carbons (Fsp3) is 0.625. The maximum Gasteiger partial charge on any atom is 0.356 e. The molecule has 1 aromatic rings. The lowest BCUT2D eigenvalue weighted by atomic mass is 10.2. The minimum Gasteiger partial charge on any atom is -0.393 e. The summed E-state index contributed by atoms with van der Waals surface area (Å²) in [7, 11) is -1.71. The average molecular weight is 280 g/mol. The quantitative estimate of drug-likeness (QED) is 0.483. The summed E-state index contributed by atoms with van der Waals surface area (Å²) >= 11 is 0. The van der Waals surface area contributed by atoms with Gasteiger partial charge in [-0.15, -0.1) is 0 Å². The van der Waals surface area contributed by atoms with Gasteiger partial charge in [0, 0.05) is 13.2 Å². The minimum absolute atomic E-state index is 0.831. The molecule has 108 valence electrons. The maximum absolute atomic E-state index is 6.07. The Kier molecular flexibility index (Phi) is 8.79. The van der Waals surface area contributed by atoms with Crippen molar-refractivity contribution in [3.63, 3.8) is 0 Å². The fourth-order valence-corrected chi connectivity index (χ4v) is 4.07. The molecule has 1 rings (SSSR count). The highest BCUT2D eigenvalue weighted by Crippen LogP contribution is 2.04. The monoisotopic (exact) mass is 280 g/mol. The van der Waals surface area contributed by atoms with E-state index in [0.717, 1.165) is 32.5 Å². The first-order valence-corrected chi connectivity index (χ1v) is 9.16. The third-order valence-electron chi connectivity index (χ3n) is 3.22. The molecule has 0 saturated heterocycles. The Labute approximate surface area is 120 Å². The molecule has 0 aromatic heterocycles. The van der Waals surface area contributed by atoms with Gasteiger partial charge in [-0.3, -0.25) is 0 Å². The molecule has 0 spiro atoms. The van der Waals surface area contributed by atoms with E-state index in [-0.39, 0.29) is 0 Å². The third kappa shape index (κ3) is 5.89. The van der Waals surface area contributed by atoms with Crippen LogP contribution in [0, 0.1) is 0 Å². The van der Waals surface area contributed by atoms with Crippen molar-refractivity contribution in [1.82, 2.24) is 0 Å². The maximum atomic E-state index is 6.07. The number of hydrogen-bond acceptors (Lipinski definition) is 2. The minimum atomic E-state index is -1.71. The number of benzene rings is 1. The summed E-state index contributed by atoms with van der Waals surface area (Å²) in [4.78, 5) is 0. The molecule has 19 heavy (non-hydrogen) atoms. The summed E-state index contributed by atoms with van der Waals surface area (Å²) in [6.45, 7) is 8.24. The Morgan fingerprint density at radius 3 is 2.00 bits per heavy atom. The molecule has 0 bridgehead atoms. The van der Waals surface area contributed by atoms with Crippen molar-refractivity contribution >= 4 is 14.5 Å². The van der Waals surface area contributed by atoms with E-state index < -0.39 is 9.28 Å². The summed E-state index contributed by atoms with van der Waals surface area (Å²) < 4.78 is 12.1. The lowest BCUT2D eigenvalue weighted by Crippen LogP contribution is -2.39. The second-order valence-electron chi connectivity index (χ2n) is 4.83. The van der Waals surface area contributed by atoms with Crippen LogP contribution in [0.3, 0.4) is 0 Å². The molecule has 1 aromatic carbocycles. The molecular formula is C16H28O2Si. The first kappa shape index (κ1) is 16.4. The Hall–Kier alpha value is -0.643. The highest BCUT2D eigenvalue weighted by Gasteiger charge is 2.19. The molecule has 0 radical (unpaired) electrons. The van der Waals surface area contributed by atoms with Crippen LogP contribution in [-0.2, 0) is 15.3 Å². The van der Waals surface area contributed by atoms with E-state index in [2.05, 4.69) is 45.0 Å². The number of aryl methyl sites for hydroxylation is 1. The predicted octanol–water partition coefficient (Wildman–Crippen LogP) is 3.31. The molecule has 0 N–H and O–H groups in total. The van der Waals surface area contributed by atoms with Crippen LogP contribution in [0.4, 0.5) is 0 Å². The van der Waals surface area contributed by atoms with Crippen LogP contribution in [0.1, 0.15) is 52.0 Å². The molecule has 0 saturated carbocycles. The second-order valence-corrected chi connectivity index (χ2v) is 6.79. The average Bonchev–Trinajstić information content (AvgIpc) is 2.46. The van der Waals surface area contributed by atoms with Gasteiger partial charge in [0.05, 0.1) is 0 Å². The molecule has 3 heteroatoms. The molecular weight excluding hydrogens is 252 g/mol. The van der Waals surface area contributed by atoms with Crippen molar-refractivity contribution in [2.75, 3.05) is 13.2 Å². The Morgan fingerprint density at radius 1 is 0.895 bits per heavy atom. The molecule has 0 aliphatic rings. The van der Waals surface area contributed by atoms with Gasteiger partial charge in [-0.1, -0.05) is 57.9 Å². The first-order chi connectivity index (χ1) is 9.33. The molecule has 0 amide bonds. The highest BCUT2D eigenvalue weighted by molar-refractivity contribution is 6.61. The van der Waals surface area contributed by atoms with Gasteiger partial charge < -0.3 is 8.85 Å². The highest BCUT2D eigenvalue weighted by atomic mass is 28.3. The van der Waals surface area contributed by atoms with Crippen LogP contribution < -0.4 is 5.19 Å². The smallest absolute Gasteiger partial charge is 0.356 e. The number of hydrogen-bond donors (Lipinski definition) is 0. The van der Waals surface area contributed by atoms with Crippen molar-refractivity contribution in [2.24, 2.45) is 0 Å².